The zero-order chi connectivity index (χ0) is 9.57. The summed E-state index contributed by atoms with van der Waals surface area (Å²) in [5.74, 6) is -1.59. The van der Waals surface area contributed by atoms with Crippen molar-refractivity contribution in [2.45, 2.75) is 25.1 Å². The molecule has 0 radical (unpaired) electrons. The van der Waals surface area contributed by atoms with Crippen LogP contribution in [0.1, 0.15) is 12.8 Å². The van der Waals surface area contributed by atoms with Gasteiger partial charge in [-0.2, -0.15) is 13.2 Å². The monoisotopic (exact) mass is 183 g/mol. The van der Waals surface area contributed by atoms with Gasteiger partial charge in [0.25, 0.3) is 0 Å². The van der Waals surface area contributed by atoms with Crippen molar-refractivity contribution >= 4 is 5.97 Å². The number of alkyl halides is 3. The second-order valence-corrected chi connectivity index (χ2v) is 2.97. The van der Waals surface area contributed by atoms with Crippen molar-refractivity contribution in [3.63, 3.8) is 0 Å². The number of carbonyl (C=O) groups is 1. The van der Waals surface area contributed by atoms with Gasteiger partial charge in [0, 0.05) is 0 Å². The Morgan fingerprint density at radius 3 is 2.00 bits per heavy atom. The minimum atomic E-state index is -4.50. The standard InChI is InChI=1S/C6H8F3NO2/c7-6(8,9)5(1-2-5)3(10)4(11)12/h3H,1-2,10H2,(H,11,12)/t3-/m1/s1. The van der Waals surface area contributed by atoms with Gasteiger partial charge in [-0.15, -0.1) is 0 Å². The molecule has 6 heteroatoms. The SMILES string of the molecule is N[C@H](C(=O)O)C1(C(F)(F)F)CC1. The molecule has 3 N–H and O–H groups in total. The van der Waals surface area contributed by atoms with Gasteiger partial charge in [0.05, 0.1) is 5.41 Å². The lowest BCUT2D eigenvalue weighted by atomic mass is 9.97. The second kappa shape index (κ2) is 2.35. The average Bonchev–Trinajstić information content (AvgIpc) is 2.62. The van der Waals surface area contributed by atoms with Crippen molar-refractivity contribution < 1.29 is 23.1 Å². The predicted octanol–water partition coefficient (Wildman–Crippen LogP) is 0.741. The van der Waals surface area contributed by atoms with Gasteiger partial charge >= 0.3 is 12.1 Å². The zero-order valence-corrected chi connectivity index (χ0v) is 6.06. The van der Waals surface area contributed by atoms with Crippen LogP contribution in [0.3, 0.4) is 0 Å². The van der Waals surface area contributed by atoms with Crippen LogP contribution in [0.25, 0.3) is 0 Å². The summed E-state index contributed by atoms with van der Waals surface area (Å²) in [4.78, 5) is 10.2. The molecule has 0 aromatic heterocycles. The minimum absolute atomic E-state index is 0.177. The number of hydrogen-bond donors (Lipinski definition) is 2. The van der Waals surface area contributed by atoms with Crippen LogP contribution in [0, 0.1) is 5.41 Å². The van der Waals surface area contributed by atoms with Gasteiger partial charge in [-0.05, 0) is 12.8 Å². The molecule has 1 fully saturated rings. The first kappa shape index (κ1) is 9.31. The van der Waals surface area contributed by atoms with Crippen molar-refractivity contribution in [3.8, 4) is 0 Å². The van der Waals surface area contributed by atoms with Crippen molar-refractivity contribution in [1.29, 1.82) is 0 Å². The minimum Gasteiger partial charge on any atom is -0.480 e. The van der Waals surface area contributed by atoms with Crippen molar-refractivity contribution in [1.82, 2.24) is 0 Å². The highest BCUT2D eigenvalue weighted by Gasteiger charge is 2.68. The van der Waals surface area contributed by atoms with E-state index in [0.29, 0.717) is 0 Å². The van der Waals surface area contributed by atoms with E-state index in [9.17, 15) is 18.0 Å². The highest BCUT2D eigenvalue weighted by molar-refractivity contribution is 5.75. The molecule has 1 aliphatic rings. The summed E-state index contributed by atoms with van der Waals surface area (Å²) in [5.41, 5.74) is 2.77. The molecule has 0 bridgehead atoms. The third kappa shape index (κ3) is 1.16. The highest BCUT2D eigenvalue weighted by Crippen LogP contribution is 2.59. The Labute approximate surface area is 66.4 Å². The van der Waals surface area contributed by atoms with E-state index in [4.69, 9.17) is 10.8 Å². The van der Waals surface area contributed by atoms with Crippen LogP contribution in [-0.2, 0) is 4.79 Å². The molecule has 1 aliphatic carbocycles. The van der Waals surface area contributed by atoms with Gasteiger partial charge < -0.3 is 10.8 Å². The first-order valence-corrected chi connectivity index (χ1v) is 3.36. The van der Waals surface area contributed by atoms with Crippen LogP contribution in [-0.4, -0.2) is 23.3 Å². The molecule has 1 atom stereocenters. The van der Waals surface area contributed by atoms with Gasteiger partial charge in [-0.1, -0.05) is 0 Å². The lowest BCUT2D eigenvalue weighted by Crippen LogP contribution is -2.47. The molecule has 70 valence electrons. The summed E-state index contributed by atoms with van der Waals surface area (Å²) in [6.07, 6.45) is -4.85. The fraction of sp³-hybridized carbons (Fsp3) is 0.833. The maximum atomic E-state index is 12.2. The number of carboxylic acid groups (broad SMARTS) is 1. The number of carboxylic acids is 1. The molecule has 0 heterocycles. The Hall–Kier alpha value is -0.780. The van der Waals surface area contributed by atoms with Gasteiger partial charge in [0.1, 0.15) is 6.04 Å². The molecular formula is C6H8F3NO2. The lowest BCUT2D eigenvalue weighted by molar-refractivity contribution is -0.198. The molecule has 3 nitrogen and oxygen atoms in total. The molecule has 0 saturated heterocycles. The van der Waals surface area contributed by atoms with E-state index in [-0.39, 0.29) is 12.8 Å². The number of nitrogens with two attached hydrogens (primary N) is 1. The maximum Gasteiger partial charge on any atom is 0.396 e. The largest absolute Gasteiger partial charge is 0.480 e. The van der Waals surface area contributed by atoms with E-state index >= 15 is 0 Å². The third-order valence-electron chi connectivity index (χ3n) is 2.21. The first-order valence-electron chi connectivity index (χ1n) is 3.36. The topological polar surface area (TPSA) is 63.3 Å². The Bertz CT molecular complexity index is 209. The molecule has 0 unspecified atom stereocenters. The summed E-state index contributed by atoms with van der Waals surface area (Å²) in [7, 11) is 0. The smallest absolute Gasteiger partial charge is 0.396 e. The Balaban J connectivity index is 2.80. The van der Waals surface area contributed by atoms with Crippen molar-refractivity contribution in [3.05, 3.63) is 0 Å². The number of hydrogen-bond acceptors (Lipinski definition) is 2. The van der Waals surface area contributed by atoms with Gasteiger partial charge in [-0.25, -0.2) is 0 Å². The van der Waals surface area contributed by atoms with E-state index < -0.39 is 23.6 Å². The highest BCUT2D eigenvalue weighted by atomic mass is 19.4. The molecule has 0 spiro atoms. The van der Waals surface area contributed by atoms with Crippen LogP contribution in [0.15, 0.2) is 0 Å². The summed E-state index contributed by atoms with van der Waals surface area (Å²) >= 11 is 0. The molecular weight excluding hydrogens is 175 g/mol. The predicted molar refractivity (Wildman–Crippen MR) is 33.3 cm³/mol. The molecule has 0 aromatic rings. The van der Waals surface area contributed by atoms with E-state index in [1.165, 1.54) is 0 Å². The summed E-state index contributed by atoms with van der Waals surface area (Å²) < 4.78 is 36.5. The Morgan fingerprint density at radius 2 is 1.92 bits per heavy atom. The quantitative estimate of drug-likeness (QED) is 0.663. The summed E-state index contributed by atoms with van der Waals surface area (Å²) in [6.45, 7) is 0. The zero-order valence-electron chi connectivity index (χ0n) is 6.06. The molecule has 0 amide bonds. The van der Waals surface area contributed by atoms with Crippen LogP contribution in [0.2, 0.25) is 0 Å². The van der Waals surface area contributed by atoms with Crippen LogP contribution >= 0.6 is 0 Å². The van der Waals surface area contributed by atoms with Crippen LogP contribution in [0.4, 0.5) is 13.2 Å². The van der Waals surface area contributed by atoms with Gasteiger partial charge in [0.2, 0.25) is 0 Å². The second-order valence-electron chi connectivity index (χ2n) is 2.97. The Kier molecular flexibility index (Phi) is 1.82. The van der Waals surface area contributed by atoms with Crippen molar-refractivity contribution in [2.75, 3.05) is 0 Å². The van der Waals surface area contributed by atoms with Crippen LogP contribution in [0.5, 0.6) is 0 Å². The van der Waals surface area contributed by atoms with E-state index in [0.717, 1.165) is 0 Å². The van der Waals surface area contributed by atoms with Gasteiger partial charge in [-0.3, -0.25) is 4.79 Å². The molecule has 1 saturated carbocycles. The maximum absolute atomic E-state index is 12.2. The molecule has 0 aliphatic heterocycles. The summed E-state index contributed by atoms with van der Waals surface area (Å²) in [6, 6.07) is -1.82. The molecule has 1 rings (SSSR count). The first-order chi connectivity index (χ1) is 5.31. The van der Waals surface area contributed by atoms with Gasteiger partial charge in [0.15, 0.2) is 0 Å². The van der Waals surface area contributed by atoms with Crippen LogP contribution < -0.4 is 5.73 Å². The van der Waals surface area contributed by atoms with Crippen molar-refractivity contribution in [2.24, 2.45) is 11.1 Å². The number of halogens is 3. The fourth-order valence-electron chi connectivity index (χ4n) is 1.14. The van der Waals surface area contributed by atoms with E-state index in [1.54, 1.807) is 0 Å². The molecule has 0 aromatic carbocycles. The summed E-state index contributed by atoms with van der Waals surface area (Å²) in [5, 5.41) is 8.30. The Morgan fingerprint density at radius 1 is 1.50 bits per heavy atom. The van der Waals surface area contributed by atoms with E-state index in [1.807, 2.05) is 0 Å². The van der Waals surface area contributed by atoms with E-state index in [2.05, 4.69) is 0 Å². The fourth-order valence-corrected chi connectivity index (χ4v) is 1.14. The normalized spacial score (nSPS) is 23.3. The number of aliphatic carboxylic acids is 1. The average molecular weight is 183 g/mol. The third-order valence-corrected chi connectivity index (χ3v) is 2.21. The lowest BCUT2D eigenvalue weighted by Gasteiger charge is -2.22. The molecule has 12 heavy (non-hydrogen) atoms. The number of rotatable bonds is 2.